The van der Waals surface area contributed by atoms with Gasteiger partial charge in [-0.05, 0) is 57.3 Å². The molecule has 0 bridgehead atoms. The van der Waals surface area contributed by atoms with Gasteiger partial charge in [0.05, 0.1) is 20.3 Å². The van der Waals surface area contributed by atoms with Crippen LogP contribution >= 0.6 is 7.75 Å². The van der Waals surface area contributed by atoms with Gasteiger partial charge in [0.15, 0.2) is 0 Å². The first-order chi connectivity index (χ1) is 20.1. The van der Waals surface area contributed by atoms with E-state index in [0.717, 1.165) is 22.3 Å². The summed E-state index contributed by atoms with van der Waals surface area (Å²) in [5.41, 5.74) is 9.24. The highest BCUT2D eigenvalue weighted by atomic mass is 31.2. The molecule has 1 atom stereocenters. The lowest BCUT2D eigenvalue weighted by molar-refractivity contribution is -0.144. The Hall–Kier alpha value is -3.54. The fourth-order valence-corrected chi connectivity index (χ4v) is 8.81. The molecule has 7 heteroatoms. The minimum Gasteiger partial charge on any atom is -0.468 e. The van der Waals surface area contributed by atoms with Crippen molar-refractivity contribution in [2.24, 2.45) is 0 Å². The molecule has 0 radical (unpaired) electrons. The predicted molar refractivity (Wildman–Crippen MR) is 159 cm³/mol. The van der Waals surface area contributed by atoms with Gasteiger partial charge in [-0.1, -0.05) is 97.1 Å². The molecular formula is C34H32NO5P. The van der Waals surface area contributed by atoms with Crippen molar-refractivity contribution in [3.8, 4) is 22.3 Å². The Morgan fingerprint density at radius 2 is 1.10 bits per heavy atom. The lowest BCUT2D eigenvalue weighted by Crippen LogP contribution is -2.36. The zero-order valence-corrected chi connectivity index (χ0v) is 23.8. The molecule has 41 heavy (non-hydrogen) atoms. The predicted octanol–water partition coefficient (Wildman–Crippen LogP) is 7.39. The minimum atomic E-state index is -3.91. The number of hydrogen-bond acceptors (Lipinski definition) is 5. The number of nitrogens with zero attached hydrogens (tertiary/aromatic N) is 1. The van der Waals surface area contributed by atoms with Crippen LogP contribution in [0.1, 0.15) is 46.9 Å². The summed E-state index contributed by atoms with van der Waals surface area (Å²) in [6, 6.07) is 32.5. The Labute approximate surface area is 240 Å². The van der Waals surface area contributed by atoms with Crippen LogP contribution < -0.4 is 0 Å². The van der Waals surface area contributed by atoms with E-state index >= 15 is 0 Å². The lowest BCUT2D eigenvalue weighted by Gasteiger charge is -2.32. The SMILES string of the molecule is COC(=O)[C@@H]1CCCN1P(=O)(OCC1c2ccccc2-c2ccccc21)OCC1c2ccccc2-c2ccccc21. The zero-order chi connectivity index (χ0) is 28.0. The summed E-state index contributed by atoms with van der Waals surface area (Å²) in [6.45, 7) is 0.786. The van der Waals surface area contributed by atoms with Crippen molar-refractivity contribution in [2.75, 3.05) is 26.9 Å². The molecule has 3 aliphatic rings. The van der Waals surface area contributed by atoms with Crippen LogP contribution in [0.25, 0.3) is 22.3 Å². The summed E-state index contributed by atoms with van der Waals surface area (Å²) in [6.07, 6.45) is 1.26. The van der Waals surface area contributed by atoms with Gasteiger partial charge < -0.3 is 4.74 Å². The highest BCUT2D eigenvalue weighted by Gasteiger charge is 2.47. The van der Waals surface area contributed by atoms with E-state index in [1.165, 1.54) is 29.4 Å². The van der Waals surface area contributed by atoms with Crippen LogP contribution in [0.2, 0.25) is 0 Å². The first-order valence-corrected chi connectivity index (χ1v) is 15.7. The fourth-order valence-electron chi connectivity index (χ4n) is 6.82. The Kier molecular flexibility index (Phi) is 6.88. The van der Waals surface area contributed by atoms with E-state index in [1.807, 2.05) is 48.5 Å². The van der Waals surface area contributed by atoms with Gasteiger partial charge in [-0.3, -0.25) is 13.8 Å². The smallest absolute Gasteiger partial charge is 0.409 e. The number of carbonyl (C=O) groups excluding carboxylic acids is 1. The van der Waals surface area contributed by atoms with Crippen LogP contribution in [0.5, 0.6) is 0 Å². The molecule has 208 valence electrons. The van der Waals surface area contributed by atoms with E-state index in [1.54, 1.807) is 4.67 Å². The maximum atomic E-state index is 14.9. The van der Waals surface area contributed by atoms with Crippen molar-refractivity contribution < 1.29 is 23.1 Å². The number of carbonyl (C=O) groups is 1. The van der Waals surface area contributed by atoms with Crippen LogP contribution in [0.3, 0.4) is 0 Å². The van der Waals surface area contributed by atoms with Gasteiger partial charge >= 0.3 is 13.7 Å². The molecule has 1 fully saturated rings. The first-order valence-electron chi connectivity index (χ1n) is 14.2. The molecule has 0 spiro atoms. The summed E-state index contributed by atoms with van der Waals surface area (Å²) in [5, 5.41) is 0. The number of hydrogen-bond donors (Lipinski definition) is 0. The number of fused-ring (bicyclic) bond motifs is 6. The molecule has 1 aliphatic heterocycles. The minimum absolute atomic E-state index is 0.0913. The molecule has 7 rings (SSSR count). The van der Waals surface area contributed by atoms with Crippen molar-refractivity contribution in [2.45, 2.75) is 30.7 Å². The molecule has 0 saturated carbocycles. The third-order valence-corrected chi connectivity index (χ3v) is 10.8. The second-order valence-corrected chi connectivity index (χ2v) is 12.8. The van der Waals surface area contributed by atoms with Crippen LogP contribution in [0.15, 0.2) is 97.1 Å². The average Bonchev–Trinajstić information content (AvgIpc) is 3.72. The van der Waals surface area contributed by atoms with E-state index in [9.17, 15) is 9.36 Å². The first kappa shape index (κ1) is 26.4. The van der Waals surface area contributed by atoms with E-state index in [0.29, 0.717) is 19.4 Å². The Morgan fingerprint density at radius 1 is 0.707 bits per heavy atom. The molecule has 0 aromatic heterocycles. The van der Waals surface area contributed by atoms with Gasteiger partial charge in [-0.25, -0.2) is 4.57 Å². The van der Waals surface area contributed by atoms with Crippen LogP contribution in [0.4, 0.5) is 0 Å². The standard InChI is InChI=1S/C34H32NO5P/c1-38-34(36)33-19-10-20-35(33)41(37,39-21-31-27-15-6-2-11-23(27)24-12-3-7-16-28(24)31)40-22-32-29-17-8-4-13-25(29)26-14-5-9-18-30(26)32/h2-9,11-18,31-33H,10,19-22H2,1H3/t33-/m0/s1. The second kappa shape index (κ2) is 10.7. The van der Waals surface area contributed by atoms with Crippen molar-refractivity contribution in [3.63, 3.8) is 0 Å². The third-order valence-electron chi connectivity index (χ3n) is 8.75. The van der Waals surface area contributed by atoms with Crippen LogP contribution in [0, 0.1) is 0 Å². The van der Waals surface area contributed by atoms with Crippen molar-refractivity contribution in [3.05, 3.63) is 119 Å². The normalized spacial score (nSPS) is 18.1. The summed E-state index contributed by atoms with van der Waals surface area (Å²) in [4.78, 5) is 12.8. The fraction of sp³-hybridized carbons (Fsp3) is 0.265. The molecule has 0 N–H and O–H groups in total. The average molecular weight is 566 g/mol. The maximum absolute atomic E-state index is 14.9. The summed E-state index contributed by atoms with van der Waals surface area (Å²) < 4.78 is 34.4. The summed E-state index contributed by atoms with van der Waals surface area (Å²) in [5.74, 6) is -0.596. The van der Waals surface area contributed by atoms with E-state index in [-0.39, 0.29) is 25.0 Å². The monoisotopic (exact) mass is 565 g/mol. The number of methoxy groups -OCH3 is 1. The van der Waals surface area contributed by atoms with Gasteiger partial charge in [-0.15, -0.1) is 0 Å². The van der Waals surface area contributed by atoms with Crippen molar-refractivity contribution in [1.29, 1.82) is 0 Å². The zero-order valence-electron chi connectivity index (χ0n) is 22.9. The van der Waals surface area contributed by atoms with Crippen molar-refractivity contribution in [1.82, 2.24) is 4.67 Å². The molecule has 0 amide bonds. The van der Waals surface area contributed by atoms with Gasteiger partial charge in [0.25, 0.3) is 0 Å². The highest BCUT2D eigenvalue weighted by molar-refractivity contribution is 7.51. The van der Waals surface area contributed by atoms with E-state index in [2.05, 4.69) is 48.5 Å². The molecule has 1 heterocycles. The molecule has 4 aromatic rings. The highest BCUT2D eigenvalue weighted by Crippen LogP contribution is 2.59. The number of ether oxygens (including phenoxy) is 1. The quantitative estimate of drug-likeness (QED) is 0.164. The third kappa shape index (κ3) is 4.47. The van der Waals surface area contributed by atoms with Gasteiger partial charge in [0.2, 0.25) is 0 Å². The van der Waals surface area contributed by atoms with Gasteiger partial charge in [0.1, 0.15) is 6.04 Å². The molecule has 0 unspecified atom stereocenters. The molecule has 4 aromatic carbocycles. The largest absolute Gasteiger partial charge is 0.468 e. The molecule has 6 nitrogen and oxygen atoms in total. The second-order valence-electron chi connectivity index (χ2n) is 10.9. The Bertz CT molecular complexity index is 1470. The van der Waals surface area contributed by atoms with E-state index < -0.39 is 19.8 Å². The molecule has 1 saturated heterocycles. The van der Waals surface area contributed by atoms with Crippen molar-refractivity contribution >= 4 is 13.7 Å². The van der Waals surface area contributed by atoms with Gasteiger partial charge in [-0.2, -0.15) is 4.67 Å². The van der Waals surface area contributed by atoms with E-state index in [4.69, 9.17) is 13.8 Å². The summed E-state index contributed by atoms with van der Waals surface area (Å²) >= 11 is 0. The lowest BCUT2D eigenvalue weighted by atomic mass is 9.98. The van der Waals surface area contributed by atoms with Gasteiger partial charge in [0, 0.05) is 18.4 Å². The number of benzene rings is 4. The van der Waals surface area contributed by atoms with Crippen LogP contribution in [-0.2, 0) is 23.1 Å². The molecular weight excluding hydrogens is 533 g/mol. The Balaban J connectivity index is 1.21. The van der Waals surface area contributed by atoms with Crippen LogP contribution in [-0.4, -0.2) is 43.5 Å². The molecule has 2 aliphatic carbocycles. The number of esters is 1. The topological polar surface area (TPSA) is 65.1 Å². The number of rotatable bonds is 8. The summed E-state index contributed by atoms with van der Waals surface area (Å²) in [7, 11) is -2.54. The Morgan fingerprint density at radius 3 is 1.49 bits per heavy atom. The maximum Gasteiger partial charge on any atom is 0.409 e.